The maximum atomic E-state index is 12.4. The minimum absolute atomic E-state index is 0.0860. The van der Waals surface area contributed by atoms with Gasteiger partial charge in [0.2, 0.25) is 0 Å². The molecular weight excluding hydrogens is 335 g/mol. The SMILES string of the molecule is COc1ccc(C(=O)[Se]C2CCCC(OC)(OC)C2)cc1. The average molecular weight is 357 g/mol. The van der Waals surface area contributed by atoms with Crippen molar-refractivity contribution in [2.45, 2.75) is 36.3 Å². The summed E-state index contributed by atoms with van der Waals surface area (Å²) in [4.78, 5) is 12.8. The number of carbonyl (C=O) groups excluding carboxylic acids is 1. The number of rotatable bonds is 6. The Labute approximate surface area is 132 Å². The first kappa shape index (κ1) is 16.5. The topological polar surface area (TPSA) is 44.8 Å². The molecule has 5 heteroatoms. The number of benzene rings is 1. The van der Waals surface area contributed by atoms with Crippen LogP contribution in [0.1, 0.15) is 36.0 Å². The fourth-order valence-electron chi connectivity index (χ4n) is 2.65. The second kappa shape index (κ2) is 7.41. The quantitative estimate of drug-likeness (QED) is 0.580. The first-order valence-corrected chi connectivity index (χ1v) is 8.92. The summed E-state index contributed by atoms with van der Waals surface area (Å²) in [5.74, 6) is 0.278. The minimum atomic E-state index is -0.495. The summed E-state index contributed by atoms with van der Waals surface area (Å²) >= 11 is -0.0860. The van der Waals surface area contributed by atoms with Crippen LogP contribution in [-0.4, -0.2) is 46.8 Å². The molecule has 4 nitrogen and oxygen atoms in total. The Hall–Kier alpha value is -0.871. The van der Waals surface area contributed by atoms with Gasteiger partial charge in [0, 0.05) is 0 Å². The molecule has 0 amide bonds. The molecule has 0 radical (unpaired) electrons. The van der Waals surface area contributed by atoms with Gasteiger partial charge in [0.25, 0.3) is 0 Å². The molecule has 0 N–H and O–H groups in total. The Kier molecular flexibility index (Phi) is 5.82. The summed E-state index contributed by atoms with van der Waals surface area (Å²) in [5, 5.41) is 0. The fourth-order valence-corrected chi connectivity index (χ4v) is 5.16. The van der Waals surface area contributed by atoms with Gasteiger partial charge in [-0.15, -0.1) is 0 Å². The van der Waals surface area contributed by atoms with E-state index in [0.29, 0.717) is 4.82 Å². The van der Waals surface area contributed by atoms with Crippen molar-refractivity contribution >= 4 is 19.6 Å². The molecule has 0 bridgehead atoms. The summed E-state index contributed by atoms with van der Waals surface area (Å²) in [7, 11) is 4.99. The van der Waals surface area contributed by atoms with Gasteiger partial charge in [-0.25, -0.2) is 0 Å². The first-order valence-electron chi connectivity index (χ1n) is 7.08. The van der Waals surface area contributed by atoms with Crippen molar-refractivity contribution in [3.63, 3.8) is 0 Å². The third-order valence-electron chi connectivity index (χ3n) is 3.97. The normalized spacial score (nSPS) is 21.0. The molecule has 1 aliphatic carbocycles. The molecule has 1 unspecified atom stereocenters. The van der Waals surface area contributed by atoms with Crippen LogP contribution in [0.15, 0.2) is 24.3 Å². The molecule has 21 heavy (non-hydrogen) atoms. The summed E-state index contributed by atoms with van der Waals surface area (Å²) < 4.78 is 16.4. The molecule has 2 rings (SSSR count). The Morgan fingerprint density at radius 2 is 1.86 bits per heavy atom. The summed E-state index contributed by atoms with van der Waals surface area (Å²) in [6.45, 7) is 0. The van der Waals surface area contributed by atoms with Gasteiger partial charge in [0.05, 0.1) is 0 Å². The number of hydrogen-bond acceptors (Lipinski definition) is 4. The molecule has 0 heterocycles. The molecule has 1 aromatic rings. The van der Waals surface area contributed by atoms with E-state index in [1.54, 1.807) is 21.3 Å². The van der Waals surface area contributed by atoms with Crippen LogP contribution in [0.25, 0.3) is 0 Å². The number of ether oxygens (including phenoxy) is 3. The molecule has 0 spiro atoms. The second-order valence-corrected chi connectivity index (χ2v) is 7.84. The summed E-state index contributed by atoms with van der Waals surface area (Å²) in [6.07, 6.45) is 3.84. The maximum absolute atomic E-state index is 12.4. The van der Waals surface area contributed by atoms with Gasteiger partial charge in [-0.1, -0.05) is 0 Å². The first-order chi connectivity index (χ1) is 10.1. The third-order valence-corrected chi connectivity index (χ3v) is 6.45. The monoisotopic (exact) mass is 358 g/mol. The standard InChI is InChI=1S/C16H22O4Se/c1-18-13-8-6-12(7-9-13)15(17)21-14-5-4-10-16(11-14,19-2)20-3/h6-9,14H,4-5,10-11H2,1-3H3. The van der Waals surface area contributed by atoms with Crippen LogP contribution < -0.4 is 4.74 Å². The predicted molar refractivity (Wildman–Crippen MR) is 82.0 cm³/mol. The van der Waals surface area contributed by atoms with Gasteiger partial charge < -0.3 is 0 Å². The average Bonchev–Trinajstić information content (AvgIpc) is 2.55. The molecule has 1 atom stereocenters. The molecule has 0 aromatic heterocycles. The van der Waals surface area contributed by atoms with Crippen LogP contribution >= 0.6 is 0 Å². The van der Waals surface area contributed by atoms with Gasteiger partial charge in [-0.05, 0) is 0 Å². The molecule has 116 valence electrons. The summed E-state index contributed by atoms with van der Waals surface area (Å²) in [5.41, 5.74) is 0.766. The van der Waals surface area contributed by atoms with Crippen molar-refractivity contribution in [2.75, 3.05) is 21.3 Å². The molecule has 1 saturated carbocycles. The van der Waals surface area contributed by atoms with E-state index in [4.69, 9.17) is 14.2 Å². The van der Waals surface area contributed by atoms with E-state index in [0.717, 1.165) is 37.0 Å². The van der Waals surface area contributed by atoms with Crippen molar-refractivity contribution < 1.29 is 19.0 Å². The van der Waals surface area contributed by atoms with Crippen molar-refractivity contribution in [1.82, 2.24) is 0 Å². The molecule has 1 aromatic carbocycles. The van der Waals surface area contributed by atoms with Crippen LogP contribution in [0.2, 0.25) is 4.82 Å². The van der Waals surface area contributed by atoms with Crippen molar-refractivity contribution in [3.05, 3.63) is 29.8 Å². The van der Waals surface area contributed by atoms with E-state index < -0.39 is 5.79 Å². The van der Waals surface area contributed by atoms with E-state index in [2.05, 4.69) is 0 Å². The van der Waals surface area contributed by atoms with Gasteiger partial charge in [0.15, 0.2) is 0 Å². The van der Waals surface area contributed by atoms with Crippen molar-refractivity contribution in [1.29, 1.82) is 0 Å². The van der Waals surface area contributed by atoms with Crippen molar-refractivity contribution in [2.24, 2.45) is 0 Å². The van der Waals surface area contributed by atoms with Crippen LogP contribution in [0, 0.1) is 0 Å². The molecule has 1 aliphatic rings. The molecule has 0 aliphatic heterocycles. The number of carbonyl (C=O) groups is 1. The predicted octanol–water partition coefficient (Wildman–Crippen LogP) is 2.89. The second-order valence-electron chi connectivity index (χ2n) is 5.17. The number of methoxy groups -OCH3 is 3. The van der Waals surface area contributed by atoms with Gasteiger partial charge in [0.1, 0.15) is 0 Å². The fraction of sp³-hybridized carbons (Fsp3) is 0.562. The zero-order chi connectivity index (χ0) is 15.3. The van der Waals surface area contributed by atoms with Gasteiger partial charge in [-0.2, -0.15) is 0 Å². The molecular formula is C16H22O4Se. The zero-order valence-corrected chi connectivity index (χ0v) is 14.5. The Morgan fingerprint density at radius 1 is 1.19 bits per heavy atom. The Morgan fingerprint density at radius 3 is 2.43 bits per heavy atom. The number of hydrogen-bond donors (Lipinski definition) is 0. The molecule has 0 saturated heterocycles. The van der Waals surface area contributed by atoms with E-state index >= 15 is 0 Å². The Bertz CT molecular complexity index is 468. The third kappa shape index (κ3) is 4.07. The summed E-state index contributed by atoms with van der Waals surface area (Å²) in [6, 6.07) is 7.34. The van der Waals surface area contributed by atoms with Crippen LogP contribution in [0.4, 0.5) is 0 Å². The van der Waals surface area contributed by atoms with E-state index in [1.807, 2.05) is 24.3 Å². The van der Waals surface area contributed by atoms with E-state index in [1.165, 1.54) is 0 Å². The van der Waals surface area contributed by atoms with Crippen molar-refractivity contribution in [3.8, 4) is 5.75 Å². The van der Waals surface area contributed by atoms with E-state index in [9.17, 15) is 4.79 Å². The van der Waals surface area contributed by atoms with Crippen LogP contribution in [0.3, 0.4) is 0 Å². The van der Waals surface area contributed by atoms with Gasteiger partial charge >= 0.3 is 132 Å². The van der Waals surface area contributed by atoms with E-state index in [-0.39, 0.29) is 19.6 Å². The zero-order valence-electron chi connectivity index (χ0n) is 12.8. The van der Waals surface area contributed by atoms with Crippen LogP contribution in [0.5, 0.6) is 5.75 Å². The Balaban J connectivity index is 1.98. The van der Waals surface area contributed by atoms with Gasteiger partial charge in [-0.3, -0.25) is 0 Å². The van der Waals surface area contributed by atoms with Crippen LogP contribution in [-0.2, 0) is 9.47 Å². The molecule has 1 fully saturated rings.